The molecule has 1 rings (SSSR count). The SMILES string of the molecule is CCc1nn(C)cc1NC(=O)C(C)(C)NC. The average molecular weight is 224 g/mol. The minimum absolute atomic E-state index is 0.0577. The van der Waals surface area contributed by atoms with Crippen molar-refractivity contribution in [3.05, 3.63) is 11.9 Å². The van der Waals surface area contributed by atoms with E-state index in [1.807, 2.05) is 34.0 Å². The molecule has 2 N–H and O–H groups in total. The molecule has 1 heterocycles. The van der Waals surface area contributed by atoms with Crippen LogP contribution in [-0.2, 0) is 18.3 Å². The Morgan fingerprint density at radius 1 is 1.56 bits per heavy atom. The van der Waals surface area contributed by atoms with Crippen molar-refractivity contribution >= 4 is 11.6 Å². The minimum atomic E-state index is -0.582. The van der Waals surface area contributed by atoms with E-state index in [9.17, 15) is 4.79 Å². The van der Waals surface area contributed by atoms with Crippen molar-refractivity contribution in [2.75, 3.05) is 12.4 Å². The predicted octanol–water partition coefficient (Wildman–Crippen LogP) is 0.919. The molecule has 1 aromatic rings. The normalized spacial score (nSPS) is 11.6. The molecule has 0 radical (unpaired) electrons. The second-order valence-electron chi connectivity index (χ2n) is 4.35. The molecule has 0 saturated carbocycles. The lowest BCUT2D eigenvalue weighted by Crippen LogP contribution is -2.47. The topological polar surface area (TPSA) is 59.0 Å². The van der Waals surface area contributed by atoms with Gasteiger partial charge < -0.3 is 10.6 Å². The van der Waals surface area contributed by atoms with Gasteiger partial charge in [0.2, 0.25) is 5.91 Å². The van der Waals surface area contributed by atoms with Crippen LogP contribution in [0.15, 0.2) is 6.20 Å². The molecule has 90 valence electrons. The number of carbonyl (C=O) groups excluding carboxylic acids is 1. The maximum absolute atomic E-state index is 11.9. The van der Waals surface area contributed by atoms with Crippen LogP contribution in [0.25, 0.3) is 0 Å². The summed E-state index contributed by atoms with van der Waals surface area (Å²) in [5.74, 6) is -0.0577. The maximum Gasteiger partial charge on any atom is 0.244 e. The number of nitrogens with zero attached hydrogens (tertiary/aromatic N) is 2. The summed E-state index contributed by atoms with van der Waals surface area (Å²) in [6, 6.07) is 0. The van der Waals surface area contributed by atoms with Crippen LogP contribution in [0.1, 0.15) is 26.5 Å². The molecule has 1 aromatic heterocycles. The largest absolute Gasteiger partial charge is 0.322 e. The lowest BCUT2D eigenvalue weighted by atomic mass is 10.1. The molecular formula is C11H20N4O. The molecular weight excluding hydrogens is 204 g/mol. The standard InChI is InChI=1S/C11H20N4O/c1-6-8-9(7-15(5)14-8)13-10(16)11(2,3)12-4/h7,12H,6H2,1-5H3,(H,13,16). The molecule has 1 amide bonds. The lowest BCUT2D eigenvalue weighted by molar-refractivity contribution is -0.121. The van der Waals surface area contributed by atoms with Crippen LogP contribution >= 0.6 is 0 Å². The van der Waals surface area contributed by atoms with E-state index in [-0.39, 0.29) is 5.91 Å². The zero-order chi connectivity index (χ0) is 12.3. The van der Waals surface area contributed by atoms with Crippen molar-refractivity contribution in [3.63, 3.8) is 0 Å². The van der Waals surface area contributed by atoms with Crippen molar-refractivity contribution in [3.8, 4) is 0 Å². The number of carbonyl (C=O) groups is 1. The molecule has 0 aliphatic rings. The summed E-state index contributed by atoms with van der Waals surface area (Å²) in [6.45, 7) is 5.69. The number of aromatic nitrogens is 2. The van der Waals surface area contributed by atoms with E-state index in [0.717, 1.165) is 17.8 Å². The summed E-state index contributed by atoms with van der Waals surface area (Å²) in [5, 5.41) is 10.1. The molecule has 0 spiro atoms. The van der Waals surface area contributed by atoms with E-state index in [1.165, 1.54) is 0 Å². The summed E-state index contributed by atoms with van der Waals surface area (Å²) in [7, 11) is 3.61. The van der Waals surface area contributed by atoms with Crippen LogP contribution in [-0.4, -0.2) is 28.3 Å². The molecule has 0 fully saturated rings. The van der Waals surface area contributed by atoms with Crippen LogP contribution in [0.5, 0.6) is 0 Å². The van der Waals surface area contributed by atoms with Crippen LogP contribution in [0.4, 0.5) is 5.69 Å². The van der Waals surface area contributed by atoms with Crippen molar-refractivity contribution in [2.45, 2.75) is 32.7 Å². The van der Waals surface area contributed by atoms with Crippen molar-refractivity contribution in [2.24, 2.45) is 7.05 Å². The number of aryl methyl sites for hydroxylation is 2. The van der Waals surface area contributed by atoms with E-state index in [1.54, 1.807) is 11.7 Å². The zero-order valence-electron chi connectivity index (χ0n) is 10.6. The second-order valence-corrected chi connectivity index (χ2v) is 4.35. The number of amides is 1. The quantitative estimate of drug-likeness (QED) is 0.799. The molecule has 5 heteroatoms. The van der Waals surface area contributed by atoms with Gasteiger partial charge in [-0.15, -0.1) is 0 Å². The lowest BCUT2D eigenvalue weighted by Gasteiger charge is -2.22. The van der Waals surface area contributed by atoms with E-state index in [4.69, 9.17) is 0 Å². The van der Waals surface area contributed by atoms with Gasteiger partial charge in [-0.3, -0.25) is 9.48 Å². The summed E-state index contributed by atoms with van der Waals surface area (Å²) >= 11 is 0. The molecule has 0 unspecified atom stereocenters. The van der Waals surface area contributed by atoms with Crippen LogP contribution < -0.4 is 10.6 Å². The van der Waals surface area contributed by atoms with E-state index < -0.39 is 5.54 Å². The van der Waals surface area contributed by atoms with Crippen LogP contribution in [0.2, 0.25) is 0 Å². The number of rotatable bonds is 4. The Hall–Kier alpha value is -1.36. The Balaban J connectivity index is 2.84. The van der Waals surface area contributed by atoms with Gasteiger partial charge >= 0.3 is 0 Å². The van der Waals surface area contributed by atoms with E-state index >= 15 is 0 Å². The summed E-state index contributed by atoms with van der Waals surface area (Å²) in [4.78, 5) is 11.9. The van der Waals surface area contributed by atoms with Crippen LogP contribution in [0.3, 0.4) is 0 Å². The summed E-state index contributed by atoms with van der Waals surface area (Å²) < 4.78 is 1.71. The van der Waals surface area contributed by atoms with Gasteiger partial charge in [0, 0.05) is 13.2 Å². The third kappa shape index (κ3) is 2.61. The smallest absolute Gasteiger partial charge is 0.244 e. The van der Waals surface area contributed by atoms with Gasteiger partial charge in [-0.1, -0.05) is 6.92 Å². The second kappa shape index (κ2) is 4.65. The highest BCUT2D eigenvalue weighted by molar-refractivity contribution is 5.97. The van der Waals surface area contributed by atoms with Gasteiger partial charge in [-0.2, -0.15) is 5.10 Å². The van der Waals surface area contributed by atoms with Gasteiger partial charge in [-0.05, 0) is 27.3 Å². The highest BCUT2D eigenvalue weighted by atomic mass is 16.2. The third-order valence-electron chi connectivity index (χ3n) is 2.68. The van der Waals surface area contributed by atoms with E-state index in [0.29, 0.717) is 0 Å². The molecule has 5 nitrogen and oxygen atoms in total. The summed E-state index contributed by atoms with van der Waals surface area (Å²) in [5.41, 5.74) is 1.11. The molecule has 0 aromatic carbocycles. The Morgan fingerprint density at radius 3 is 2.69 bits per heavy atom. The zero-order valence-corrected chi connectivity index (χ0v) is 10.6. The number of hydrogen-bond acceptors (Lipinski definition) is 3. The molecule has 0 bridgehead atoms. The Labute approximate surface area is 96.2 Å². The Bertz CT molecular complexity index is 381. The number of hydrogen-bond donors (Lipinski definition) is 2. The van der Waals surface area contributed by atoms with Gasteiger partial charge in [0.1, 0.15) is 0 Å². The Kier molecular flexibility index (Phi) is 3.70. The number of likely N-dealkylation sites (N-methyl/N-ethyl adjacent to an activating group) is 1. The predicted molar refractivity (Wildman–Crippen MR) is 64.4 cm³/mol. The molecule has 0 saturated heterocycles. The fraction of sp³-hybridized carbons (Fsp3) is 0.636. The third-order valence-corrected chi connectivity index (χ3v) is 2.68. The van der Waals surface area contributed by atoms with E-state index in [2.05, 4.69) is 15.7 Å². The minimum Gasteiger partial charge on any atom is -0.322 e. The Morgan fingerprint density at radius 2 is 2.19 bits per heavy atom. The van der Waals surface area contributed by atoms with Crippen molar-refractivity contribution < 1.29 is 4.79 Å². The van der Waals surface area contributed by atoms with Gasteiger partial charge in [0.05, 0.1) is 16.9 Å². The number of nitrogens with one attached hydrogen (secondary N) is 2. The van der Waals surface area contributed by atoms with Gasteiger partial charge in [0.15, 0.2) is 0 Å². The van der Waals surface area contributed by atoms with Gasteiger partial charge in [-0.25, -0.2) is 0 Å². The maximum atomic E-state index is 11.9. The molecule has 0 atom stereocenters. The average Bonchev–Trinajstić information content (AvgIpc) is 2.58. The van der Waals surface area contributed by atoms with Crippen LogP contribution in [0, 0.1) is 0 Å². The van der Waals surface area contributed by atoms with Gasteiger partial charge in [0.25, 0.3) is 0 Å². The van der Waals surface area contributed by atoms with Crippen molar-refractivity contribution in [1.29, 1.82) is 0 Å². The fourth-order valence-electron chi connectivity index (χ4n) is 1.29. The number of anilines is 1. The monoisotopic (exact) mass is 224 g/mol. The highest BCUT2D eigenvalue weighted by Crippen LogP contribution is 2.15. The molecule has 0 aliphatic carbocycles. The first-order valence-corrected chi connectivity index (χ1v) is 5.43. The van der Waals surface area contributed by atoms with Crippen molar-refractivity contribution in [1.82, 2.24) is 15.1 Å². The molecule has 16 heavy (non-hydrogen) atoms. The highest BCUT2D eigenvalue weighted by Gasteiger charge is 2.26. The first-order valence-electron chi connectivity index (χ1n) is 5.43. The summed E-state index contributed by atoms with van der Waals surface area (Å²) in [6.07, 6.45) is 2.62. The first-order chi connectivity index (χ1) is 7.40. The fourth-order valence-corrected chi connectivity index (χ4v) is 1.29. The first kappa shape index (κ1) is 12.7. The molecule has 0 aliphatic heterocycles.